The molecule has 6 aliphatic carbocycles. The Morgan fingerprint density at radius 1 is 0.887 bits per heavy atom. The predicted molar refractivity (Wildman–Crippen MR) is 211 cm³/mol. The van der Waals surface area contributed by atoms with E-state index < -0.39 is 11.0 Å². The Morgan fingerprint density at radius 2 is 1.62 bits per heavy atom. The Kier molecular flexibility index (Phi) is 10.9. The predicted octanol–water partition coefficient (Wildman–Crippen LogP) is 8.85. The Morgan fingerprint density at radius 3 is 2.26 bits per heavy atom. The van der Waals surface area contributed by atoms with E-state index in [0.29, 0.717) is 30.9 Å². The molecule has 53 heavy (non-hydrogen) atoms. The third-order valence-electron chi connectivity index (χ3n) is 16.4. The fourth-order valence-electron chi connectivity index (χ4n) is 13.9. The molecule has 4 fully saturated rings. The summed E-state index contributed by atoms with van der Waals surface area (Å²) in [5.41, 5.74) is 2.35. The first-order valence-electron chi connectivity index (χ1n) is 21.2. The number of rotatable bonds is 8. The Balaban J connectivity index is 1.29. The molecule has 0 saturated heterocycles. The maximum Gasteiger partial charge on any atom is 0.407 e. The molecule has 0 aromatic heterocycles. The minimum atomic E-state index is -0.579. The van der Waals surface area contributed by atoms with Crippen molar-refractivity contribution in [1.29, 1.82) is 0 Å². The van der Waals surface area contributed by atoms with Gasteiger partial charge in [-0.15, -0.1) is 0 Å². The molecule has 6 rings (SSSR count). The van der Waals surface area contributed by atoms with Gasteiger partial charge < -0.3 is 25.0 Å². The second-order valence-electron chi connectivity index (χ2n) is 20.7. The van der Waals surface area contributed by atoms with Crippen LogP contribution in [0.4, 0.5) is 4.79 Å². The Labute approximate surface area is 321 Å². The van der Waals surface area contributed by atoms with Gasteiger partial charge in [-0.2, -0.15) is 0 Å². The van der Waals surface area contributed by atoms with E-state index in [1.54, 1.807) is 0 Å². The molecule has 8 heteroatoms. The average molecular weight is 736 g/mol. The highest BCUT2D eigenvalue weighted by Crippen LogP contribution is 2.77. The smallest absolute Gasteiger partial charge is 0.407 e. The van der Waals surface area contributed by atoms with Crippen LogP contribution in [0.1, 0.15) is 139 Å². The number of carbonyl (C=O) groups excluding carboxylic acids is 3. The zero-order valence-electron chi connectivity index (χ0n) is 35.2. The first-order chi connectivity index (χ1) is 24.7. The lowest BCUT2D eigenvalue weighted by molar-refractivity contribution is -0.225. The molecule has 298 valence electrons. The first-order valence-corrected chi connectivity index (χ1v) is 21.2. The number of ether oxygens (including phenoxy) is 2. The van der Waals surface area contributed by atoms with E-state index in [9.17, 15) is 14.4 Å². The van der Waals surface area contributed by atoms with Gasteiger partial charge >= 0.3 is 12.1 Å². The van der Waals surface area contributed by atoms with Crippen molar-refractivity contribution in [3.63, 3.8) is 0 Å². The molecule has 0 aromatic carbocycles. The molecule has 0 radical (unpaired) electrons. The van der Waals surface area contributed by atoms with Crippen LogP contribution in [0, 0.1) is 56.7 Å². The van der Waals surface area contributed by atoms with Crippen molar-refractivity contribution in [2.45, 2.75) is 151 Å². The zero-order chi connectivity index (χ0) is 38.8. The molecule has 6 aliphatic rings. The number of hydrogen-bond acceptors (Lipinski definition) is 6. The monoisotopic (exact) mass is 736 g/mol. The summed E-state index contributed by atoms with van der Waals surface area (Å²) in [5.74, 6) is 1.73. The number of amides is 2. The van der Waals surface area contributed by atoms with E-state index in [1.165, 1.54) is 30.4 Å². The van der Waals surface area contributed by atoms with Gasteiger partial charge in [0.25, 0.3) is 0 Å². The van der Waals surface area contributed by atoms with E-state index in [2.05, 4.69) is 62.3 Å². The summed E-state index contributed by atoms with van der Waals surface area (Å²) in [5, 5.41) is 6.72. The van der Waals surface area contributed by atoms with E-state index in [1.807, 2.05) is 41.8 Å². The lowest BCUT2D eigenvalue weighted by Crippen LogP contribution is -2.67. The molecule has 0 heterocycles. The van der Waals surface area contributed by atoms with Crippen LogP contribution in [0.15, 0.2) is 23.3 Å². The van der Waals surface area contributed by atoms with E-state index in [-0.39, 0.29) is 57.5 Å². The van der Waals surface area contributed by atoms with Crippen LogP contribution in [0.5, 0.6) is 0 Å². The van der Waals surface area contributed by atoms with Crippen molar-refractivity contribution < 1.29 is 23.9 Å². The van der Waals surface area contributed by atoms with E-state index in [4.69, 9.17) is 9.47 Å². The number of hydrogen-bond donors (Lipinski definition) is 2. The number of fused-ring (bicyclic) bond motifs is 7. The summed E-state index contributed by atoms with van der Waals surface area (Å²) in [4.78, 5) is 42.4. The van der Waals surface area contributed by atoms with Crippen LogP contribution in [0.2, 0.25) is 0 Å². The van der Waals surface area contributed by atoms with Gasteiger partial charge in [-0.25, -0.2) is 4.79 Å². The molecule has 8 nitrogen and oxygen atoms in total. The summed E-state index contributed by atoms with van der Waals surface area (Å²) < 4.78 is 11.2. The number of carbonyl (C=O) groups is 3. The van der Waals surface area contributed by atoms with Crippen LogP contribution >= 0.6 is 0 Å². The molecule has 2 N–H and O–H groups in total. The Hall–Kier alpha value is -2.35. The van der Waals surface area contributed by atoms with Crippen LogP contribution < -0.4 is 10.6 Å². The van der Waals surface area contributed by atoms with Gasteiger partial charge in [0.2, 0.25) is 5.91 Å². The maximum atomic E-state index is 14.4. The van der Waals surface area contributed by atoms with Gasteiger partial charge in [0.15, 0.2) is 0 Å². The zero-order valence-corrected chi connectivity index (χ0v) is 35.2. The summed E-state index contributed by atoms with van der Waals surface area (Å²) in [6, 6.07) is -0.0764. The molecule has 10 atom stereocenters. The van der Waals surface area contributed by atoms with Gasteiger partial charge in [-0.1, -0.05) is 46.8 Å². The van der Waals surface area contributed by atoms with Gasteiger partial charge in [0, 0.05) is 19.1 Å². The molecule has 0 spiro atoms. The summed E-state index contributed by atoms with van der Waals surface area (Å²) >= 11 is 0. The molecule has 0 bridgehead atoms. The van der Waals surface area contributed by atoms with Crippen molar-refractivity contribution in [2.75, 3.05) is 33.8 Å². The lowest BCUT2D eigenvalue weighted by Gasteiger charge is -2.72. The minimum Gasteiger partial charge on any atom is -0.466 e. The van der Waals surface area contributed by atoms with Crippen molar-refractivity contribution in [1.82, 2.24) is 15.5 Å². The highest BCUT2D eigenvalue weighted by Gasteiger charge is 2.71. The number of alkyl carbamates (subject to hydrolysis) is 1. The maximum absolute atomic E-state index is 14.4. The van der Waals surface area contributed by atoms with Gasteiger partial charge in [-0.05, 0) is 175 Å². The molecule has 0 aliphatic heterocycles. The van der Waals surface area contributed by atoms with Gasteiger partial charge in [0.05, 0.1) is 17.9 Å². The molecule has 10 unspecified atom stereocenters. The second kappa shape index (κ2) is 14.3. The number of likely N-dealkylation sites (N-methyl/N-ethyl adjacent to an activating group) is 1. The summed E-state index contributed by atoms with van der Waals surface area (Å²) in [6.45, 7) is 22.4. The topological polar surface area (TPSA) is 97.0 Å². The van der Waals surface area contributed by atoms with Crippen molar-refractivity contribution >= 4 is 18.0 Å². The molecule has 0 aromatic rings. The quantitative estimate of drug-likeness (QED) is 0.242. The third-order valence-corrected chi connectivity index (χ3v) is 16.4. The highest BCUT2D eigenvalue weighted by molar-refractivity contribution is 5.84. The third kappa shape index (κ3) is 6.81. The average Bonchev–Trinajstić information content (AvgIpc) is 3.43. The van der Waals surface area contributed by atoms with Gasteiger partial charge in [-0.3, -0.25) is 9.59 Å². The minimum absolute atomic E-state index is 0.0141. The van der Waals surface area contributed by atoms with Crippen molar-refractivity contribution in [3.8, 4) is 0 Å². The fraction of sp³-hybridized carbons (Fsp3) is 0.844. The number of nitrogens with one attached hydrogen (secondary N) is 2. The number of allylic oxidation sites excluding steroid dienone is 4. The molecule has 4 saturated carbocycles. The number of nitrogens with zero attached hydrogens (tertiary/aromatic N) is 1. The standard InChI is InChI=1S/C45H73N3O5/c1-12-52-37(49)30-15-13-29(14-16-30)31-19-22-42(7)34(41(31,5)6)21-23-44(9)35(42)18-17-32-36-33(47-39(51)53-40(2,3)4)20-24-45(36,26-25-43(32,44)8)38(50)46-27-28-48(10)11/h13,19,30,32-36H,12,14-18,20-28H2,1-11H3,(H,46,50)(H,47,51). The van der Waals surface area contributed by atoms with Crippen LogP contribution in [-0.4, -0.2) is 68.3 Å². The van der Waals surface area contributed by atoms with Crippen LogP contribution in [0.25, 0.3) is 0 Å². The molecular formula is C45H73N3O5. The normalized spacial score (nSPS) is 40.4. The van der Waals surface area contributed by atoms with E-state index in [0.717, 1.165) is 64.3 Å². The van der Waals surface area contributed by atoms with Gasteiger partial charge in [0.1, 0.15) is 5.60 Å². The van der Waals surface area contributed by atoms with Crippen LogP contribution in [0.3, 0.4) is 0 Å². The van der Waals surface area contributed by atoms with Crippen molar-refractivity contribution in [2.24, 2.45) is 56.7 Å². The first kappa shape index (κ1) is 40.3. The fourth-order valence-corrected chi connectivity index (χ4v) is 13.9. The molecule has 2 amide bonds. The Bertz CT molecular complexity index is 1490. The lowest BCUT2D eigenvalue weighted by atomic mass is 9.32. The van der Waals surface area contributed by atoms with E-state index >= 15 is 0 Å². The number of esters is 1. The summed E-state index contributed by atoms with van der Waals surface area (Å²) in [7, 11) is 4.09. The molecular weight excluding hydrogens is 663 g/mol. The summed E-state index contributed by atoms with van der Waals surface area (Å²) in [6.07, 6.45) is 16.5. The highest BCUT2D eigenvalue weighted by atomic mass is 16.6. The second-order valence-corrected chi connectivity index (χ2v) is 20.7. The van der Waals surface area contributed by atoms with Crippen molar-refractivity contribution in [3.05, 3.63) is 23.3 Å². The SMILES string of the molecule is CCOC(=O)C1CC=C(C2=CCC3(C)C(CCC4(C)C3CCC3C5C(NC(=O)OC(C)(C)C)CCC5(C(=O)NCCN(C)C)CCC34C)C2(C)C)CC1. The largest absolute Gasteiger partial charge is 0.466 e. The van der Waals surface area contributed by atoms with Crippen LogP contribution in [-0.2, 0) is 19.1 Å².